The van der Waals surface area contributed by atoms with Gasteiger partial charge >= 0.3 is 5.97 Å². The maximum absolute atomic E-state index is 10.9. The van der Waals surface area contributed by atoms with Crippen molar-refractivity contribution in [2.75, 3.05) is 0 Å². The molecule has 1 N–H and O–H groups in total. The maximum atomic E-state index is 10.9. The van der Waals surface area contributed by atoms with Crippen LogP contribution in [-0.4, -0.2) is 22.8 Å². The van der Waals surface area contributed by atoms with Gasteiger partial charge in [-0.25, -0.2) is 9.78 Å². The number of carbonyl (C=O) groups is 1. The van der Waals surface area contributed by atoms with Crippen LogP contribution in [0.25, 0.3) is 0 Å². The lowest BCUT2D eigenvalue weighted by atomic mass is 9.79. The number of hydrogen-bond acceptors (Lipinski definition) is 3. The molecule has 0 aromatic heterocycles. The van der Waals surface area contributed by atoms with E-state index in [-0.39, 0.29) is 24.0 Å². The summed E-state index contributed by atoms with van der Waals surface area (Å²) in [7, 11) is 0. The van der Waals surface area contributed by atoms with Crippen molar-refractivity contribution in [3.63, 3.8) is 0 Å². The minimum absolute atomic E-state index is 0.0358. The fourth-order valence-corrected chi connectivity index (χ4v) is 3.06. The SMILES string of the molecule is CCCCCC[C@]1(CC)C[C@H](CC)[C@H](CC(=O)O)OO1. The molecule has 3 atom stereocenters. The van der Waals surface area contributed by atoms with E-state index < -0.39 is 5.97 Å². The third kappa shape index (κ3) is 5.06. The largest absolute Gasteiger partial charge is 0.481 e. The predicted octanol–water partition coefficient (Wildman–Crippen LogP) is 4.33. The highest BCUT2D eigenvalue weighted by molar-refractivity contribution is 5.67. The van der Waals surface area contributed by atoms with Crippen LogP contribution >= 0.6 is 0 Å². The van der Waals surface area contributed by atoms with E-state index in [1.165, 1.54) is 19.3 Å². The van der Waals surface area contributed by atoms with E-state index in [4.69, 9.17) is 14.9 Å². The van der Waals surface area contributed by atoms with Crippen LogP contribution in [-0.2, 0) is 14.6 Å². The Labute approximate surface area is 122 Å². The molecule has 0 unspecified atom stereocenters. The molecule has 0 bridgehead atoms. The van der Waals surface area contributed by atoms with Crippen molar-refractivity contribution in [1.29, 1.82) is 0 Å². The summed E-state index contributed by atoms with van der Waals surface area (Å²) in [6.07, 6.45) is 8.43. The van der Waals surface area contributed by atoms with Crippen LogP contribution in [0, 0.1) is 5.92 Å². The molecule has 1 rings (SSSR count). The molecule has 20 heavy (non-hydrogen) atoms. The zero-order valence-electron chi connectivity index (χ0n) is 13.2. The first-order valence-electron chi connectivity index (χ1n) is 8.13. The summed E-state index contributed by atoms with van der Waals surface area (Å²) in [6, 6.07) is 0. The molecule has 1 aliphatic rings. The van der Waals surface area contributed by atoms with Gasteiger partial charge in [0.05, 0.1) is 6.42 Å². The van der Waals surface area contributed by atoms with Crippen molar-refractivity contribution in [1.82, 2.24) is 0 Å². The zero-order chi connectivity index (χ0) is 15.0. The monoisotopic (exact) mass is 286 g/mol. The second-order valence-corrected chi connectivity index (χ2v) is 6.04. The Morgan fingerprint density at radius 2 is 2.00 bits per heavy atom. The number of rotatable bonds is 9. The lowest BCUT2D eigenvalue weighted by Crippen LogP contribution is -2.45. The Morgan fingerprint density at radius 1 is 1.25 bits per heavy atom. The zero-order valence-corrected chi connectivity index (χ0v) is 13.2. The summed E-state index contributed by atoms with van der Waals surface area (Å²) in [5.74, 6) is -0.532. The quantitative estimate of drug-likeness (QED) is 0.506. The third-order valence-corrected chi connectivity index (χ3v) is 4.54. The van der Waals surface area contributed by atoms with Crippen molar-refractivity contribution < 1.29 is 19.7 Å². The molecular formula is C16H30O4. The minimum atomic E-state index is -0.816. The number of aliphatic carboxylic acids is 1. The molecule has 4 nitrogen and oxygen atoms in total. The fourth-order valence-electron chi connectivity index (χ4n) is 3.06. The van der Waals surface area contributed by atoms with Crippen LogP contribution in [0.4, 0.5) is 0 Å². The van der Waals surface area contributed by atoms with Gasteiger partial charge in [0.25, 0.3) is 0 Å². The number of carboxylic acid groups (broad SMARTS) is 1. The molecule has 1 fully saturated rings. The van der Waals surface area contributed by atoms with E-state index in [1.807, 2.05) is 0 Å². The average molecular weight is 286 g/mol. The molecule has 1 aliphatic heterocycles. The molecule has 0 amide bonds. The van der Waals surface area contributed by atoms with E-state index >= 15 is 0 Å². The van der Waals surface area contributed by atoms with Gasteiger partial charge in [-0.2, -0.15) is 0 Å². The van der Waals surface area contributed by atoms with Crippen LogP contribution in [0.1, 0.15) is 78.6 Å². The molecule has 0 aromatic carbocycles. The molecule has 0 spiro atoms. The molecular weight excluding hydrogens is 256 g/mol. The molecule has 1 saturated heterocycles. The van der Waals surface area contributed by atoms with E-state index in [9.17, 15) is 4.79 Å². The summed E-state index contributed by atoms with van der Waals surface area (Å²) in [4.78, 5) is 22.0. The van der Waals surface area contributed by atoms with E-state index in [0.29, 0.717) is 0 Å². The third-order valence-electron chi connectivity index (χ3n) is 4.54. The lowest BCUT2D eigenvalue weighted by molar-refractivity contribution is -0.423. The number of carboxylic acids is 1. The summed E-state index contributed by atoms with van der Waals surface area (Å²) in [5.41, 5.74) is -0.205. The highest BCUT2D eigenvalue weighted by Gasteiger charge is 2.42. The van der Waals surface area contributed by atoms with Crippen molar-refractivity contribution >= 4 is 5.97 Å². The summed E-state index contributed by atoms with van der Waals surface area (Å²) in [6.45, 7) is 6.44. The first-order chi connectivity index (χ1) is 9.56. The van der Waals surface area contributed by atoms with Crippen LogP contribution in [0.2, 0.25) is 0 Å². The van der Waals surface area contributed by atoms with Crippen molar-refractivity contribution in [3.8, 4) is 0 Å². The van der Waals surface area contributed by atoms with Gasteiger partial charge in [0.15, 0.2) is 0 Å². The van der Waals surface area contributed by atoms with Crippen LogP contribution in [0.5, 0.6) is 0 Å². The van der Waals surface area contributed by atoms with E-state index in [1.54, 1.807) is 0 Å². The smallest absolute Gasteiger partial charge is 0.306 e. The lowest BCUT2D eigenvalue weighted by Gasteiger charge is -2.42. The molecule has 0 saturated carbocycles. The molecule has 0 radical (unpaired) electrons. The standard InChI is InChI=1S/C16H30O4/c1-4-7-8-9-10-16(6-3)12-13(5-2)14(19-20-16)11-15(17)18/h13-14H,4-12H2,1-3H3,(H,17,18)/t13-,14-,16+/m0/s1. The first kappa shape index (κ1) is 17.4. The molecule has 0 aliphatic carbocycles. The number of hydrogen-bond donors (Lipinski definition) is 1. The molecule has 1 heterocycles. The summed E-state index contributed by atoms with van der Waals surface area (Å²) in [5, 5.41) is 8.93. The Balaban J connectivity index is 2.55. The van der Waals surface area contributed by atoms with Gasteiger partial charge in [-0.1, -0.05) is 52.9 Å². The van der Waals surface area contributed by atoms with Crippen LogP contribution in [0.3, 0.4) is 0 Å². The van der Waals surface area contributed by atoms with Gasteiger partial charge in [-0.15, -0.1) is 0 Å². The Morgan fingerprint density at radius 3 is 2.55 bits per heavy atom. The van der Waals surface area contributed by atoms with Gasteiger partial charge < -0.3 is 5.11 Å². The Hall–Kier alpha value is -0.610. The second-order valence-electron chi connectivity index (χ2n) is 6.04. The van der Waals surface area contributed by atoms with Gasteiger partial charge in [0.1, 0.15) is 11.7 Å². The van der Waals surface area contributed by atoms with Crippen molar-refractivity contribution in [3.05, 3.63) is 0 Å². The summed E-state index contributed by atoms with van der Waals surface area (Å²) < 4.78 is 0. The van der Waals surface area contributed by atoms with E-state index in [0.717, 1.165) is 32.1 Å². The van der Waals surface area contributed by atoms with Gasteiger partial charge in [-0.3, -0.25) is 4.79 Å². The van der Waals surface area contributed by atoms with Crippen LogP contribution in [0.15, 0.2) is 0 Å². The maximum Gasteiger partial charge on any atom is 0.306 e. The summed E-state index contributed by atoms with van der Waals surface area (Å²) >= 11 is 0. The molecule has 0 aromatic rings. The van der Waals surface area contributed by atoms with Crippen molar-refractivity contribution in [2.45, 2.75) is 90.3 Å². The van der Waals surface area contributed by atoms with Crippen molar-refractivity contribution in [2.24, 2.45) is 5.92 Å². The second kappa shape index (κ2) is 8.63. The minimum Gasteiger partial charge on any atom is -0.481 e. The predicted molar refractivity (Wildman–Crippen MR) is 78.4 cm³/mol. The normalized spacial score (nSPS) is 30.4. The molecule has 118 valence electrons. The highest BCUT2D eigenvalue weighted by Crippen LogP contribution is 2.39. The van der Waals surface area contributed by atoms with Gasteiger partial charge in [0.2, 0.25) is 0 Å². The van der Waals surface area contributed by atoms with Gasteiger partial charge in [0, 0.05) is 0 Å². The number of unbranched alkanes of at least 4 members (excludes halogenated alkanes) is 3. The van der Waals surface area contributed by atoms with Gasteiger partial charge in [-0.05, 0) is 25.2 Å². The highest BCUT2D eigenvalue weighted by atomic mass is 17.2. The molecule has 4 heteroatoms. The average Bonchev–Trinajstić information content (AvgIpc) is 2.44. The van der Waals surface area contributed by atoms with E-state index in [2.05, 4.69) is 20.8 Å². The Kier molecular flexibility index (Phi) is 7.52. The first-order valence-corrected chi connectivity index (χ1v) is 8.13. The van der Waals surface area contributed by atoms with Crippen LogP contribution < -0.4 is 0 Å². The topological polar surface area (TPSA) is 55.8 Å². The Bertz CT molecular complexity index is 292. The fraction of sp³-hybridized carbons (Fsp3) is 0.938.